The number of amides is 2. The minimum atomic E-state index is -3.66. The van der Waals surface area contributed by atoms with Crippen LogP contribution >= 0.6 is 0 Å². The number of carbonyl (C=O) groups is 2. The van der Waals surface area contributed by atoms with Crippen LogP contribution in [0.15, 0.2) is 24.4 Å². The Labute approximate surface area is 226 Å². The fourth-order valence-corrected chi connectivity index (χ4v) is 6.09. The van der Waals surface area contributed by atoms with Crippen molar-refractivity contribution in [3.63, 3.8) is 0 Å². The van der Waals surface area contributed by atoms with Crippen molar-refractivity contribution in [2.45, 2.75) is 57.3 Å². The molecule has 0 bridgehead atoms. The van der Waals surface area contributed by atoms with E-state index in [0.29, 0.717) is 29.3 Å². The van der Waals surface area contributed by atoms with Crippen LogP contribution in [0.5, 0.6) is 0 Å². The predicted octanol–water partition coefficient (Wildman–Crippen LogP) is 2.01. The number of ether oxygens (including phenoxy) is 1. The van der Waals surface area contributed by atoms with Gasteiger partial charge >= 0.3 is 0 Å². The van der Waals surface area contributed by atoms with Gasteiger partial charge in [0.25, 0.3) is 11.8 Å². The van der Waals surface area contributed by atoms with Crippen LogP contribution in [-0.4, -0.2) is 71.3 Å². The highest BCUT2D eigenvalue weighted by molar-refractivity contribution is 7.92. The number of hydrogen-bond donors (Lipinski definition) is 3. The minimum Gasteiger partial charge on any atom is -0.381 e. The van der Waals surface area contributed by atoms with Crippen LogP contribution < -0.4 is 15.8 Å². The van der Waals surface area contributed by atoms with Gasteiger partial charge in [-0.2, -0.15) is 0 Å². The topological polar surface area (TPSA) is 161 Å². The first kappa shape index (κ1) is 25.6. The van der Waals surface area contributed by atoms with Crippen LogP contribution in [0.2, 0.25) is 0 Å². The standard InChI is InChI=1S/C26H31N7O5S/c1-13(14-4-5-14)32-12-16-8-15(9-20(21(16)26(32)35)31-39(3,36)37)19-6-7-33-24(29-19)22(23(27)30-33)25(34)28-17-10-18(11-17)38-2/h6-9,13-14,17-18,31H,4-5,10-12H2,1-3H3,(H2,27,30)(H,28,34)/t13?,17-,18-. The van der Waals surface area contributed by atoms with E-state index < -0.39 is 10.0 Å². The highest BCUT2D eigenvalue weighted by Crippen LogP contribution is 2.41. The zero-order valence-corrected chi connectivity index (χ0v) is 22.8. The van der Waals surface area contributed by atoms with Gasteiger partial charge in [-0.15, -0.1) is 5.10 Å². The van der Waals surface area contributed by atoms with Gasteiger partial charge in [-0.1, -0.05) is 0 Å². The zero-order valence-electron chi connectivity index (χ0n) is 22.0. The van der Waals surface area contributed by atoms with E-state index in [1.165, 1.54) is 4.52 Å². The summed E-state index contributed by atoms with van der Waals surface area (Å²) in [6.45, 7) is 2.43. The maximum Gasteiger partial charge on any atom is 0.259 e. The molecule has 3 aliphatic rings. The lowest BCUT2D eigenvalue weighted by molar-refractivity contribution is 0.0176. The van der Waals surface area contributed by atoms with Gasteiger partial charge in [0, 0.05) is 37.5 Å². The Morgan fingerprint density at radius 1 is 1.26 bits per heavy atom. The summed E-state index contributed by atoms with van der Waals surface area (Å²) in [7, 11) is -2.01. The number of methoxy groups -OCH3 is 1. The molecule has 3 heterocycles. The van der Waals surface area contributed by atoms with Crippen molar-refractivity contribution in [1.82, 2.24) is 24.8 Å². The van der Waals surface area contributed by atoms with E-state index in [2.05, 4.69) is 15.1 Å². The SMILES string of the molecule is CO[C@H]1C[C@H](NC(=O)c2c(N)nn3ccc(-c4cc5c(c(NS(C)(=O)=O)c4)C(=O)N(C(C)C4CC4)C5)nc23)C1. The van der Waals surface area contributed by atoms with Gasteiger partial charge in [0.1, 0.15) is 5.56 Å². The largest absolute Gasteiger partial charge is 0.381 e. The number of nitrogens with two attached hydrogens (primary N) is 1. The molecule has 6 rings (SSSR count). The van der Waals surface area contributed by atoms with Crippen molar-refractivity contribution in [2.75, 3.05) is 23.8 Å². The Bertz CT molecular complexity index is 1610. The molecule has 206 valence electrons. The number of anilines is 2. The quantitative estimate of drug-likeness (QED) is 0.382. The van der Waals surface area contributed by atoms with Crippen LogP contribution in [0.3, 0.4) is 0 Å². The van der Waals surface area contributed by atoms with Gasteiger partial charge in [0.05, 0.1) is 29.3 Å². The van der Waals surface area contributed by atoms with Crippen LogP contribution in [0.25, 0.3) is 16.9 Å². The number of rotatable bonds is 8. The molecule has 1 unspecified atom stereocenters. The summed E-state index contributed by atoms with van der Waals surface area (Å²) in [6, 6.07) is 5.24. The number of nitrogen functional groups attached to an aromatic ring is 1. The average molecular weight is 554 g/mol. The van der Waals surface area contributed by atoms with Crippen LogP contribution in [-0.2, 0) is 21.3 Å². The summed E-state index contributed by atoms with van der Waals surface area (Å²) < 4.78 is 33.7. The van der Waals surface area contributed by atoms with Crippen molar-refractivity contribution in [3.05, 3.63) is 41.1 Å². The molecule has 3 aromatic rings. The van der Waals surface area contributed by atoms with Crippen LogP contribution in [0.1, 0.15) is 58.9 Å². The Kier molecular flexibility index (Phi) is 6.03. The molecule has 1 aliphatic heterocycles. The maximum absolute atomic E-state index is 13.4. The minimum absolute atomic E-state index is 0.0140. The van der Waals surface area contributed by atoms with Gasteiger partial charge < -0.3 is 20.7 Å². The van der Waals surface area contributed by atoms with E-state index in [-0.39, 0.29) is 52.7 Å². The summed E-state index contributed by atoms with van der Waals surface area (Å²) in [5.41, 5.74) is 8.95. The lowest BCUT2D eigenvalue weighted by Crippen LogP contribution is -2.47. The molecule has 12 nitrogen and oxygen atoms in total. The third kappa shape index (κ3) is 4.69. The molecule has 13 heteroatoms. The summed E-state index contributed by atoms with van der Waals surface area (Å²) in [4.78, 5) is 33.0. The van der Waals surface area contributed by atoms with E-state index in [9.17, 15) is 18.0 Å². The van der Waals surface area contributed by atoms with Crippen molar-refractivity contribution < 1.29 is 22.7 Å². The molecular formula is C26H31N7O5S. The van der Waals surface area contributed by atoms with Gasteiger partial charge in [-0.25, -0.2) is 17.9 Å². The summed E-state index contributed by atoms with van der Waals surface area (Å²) >= 11 is 0. The van der Waals surface area contributed by atoms with E-state index in [1.807, 2.05) is 17.9 Å². The Morgan fingerprint density at radius 3 is 2.67 bits per heavy atom. The molecule has 39 heavy (non-hydrogen) atoms. The molecule has 1 aromatic carbocycles. The highest BCUT2D eigenvalue weighted by Gasteiger charge is 2.40. The lowest BCUT2D eigenvalue weighted by atomic mass is 9.89. The number of sulfonamides is 1. The smallest absolute Gasteiger partial charge is 0.259 e. The zero-order chi connectivity index (χ0) is 27.6. The van der Waals surface area contributed by atoms with E-state index >= 15 is 0 Å². The number of aromatic nitrogens is 3. The number of nitrogens with zero attached hydrogens (tertiary/aromatic N) is 4. The van der Waals surface area contributed by atoms with Crippen molar-refractivity contribution in [1.29, 1.82) is 0 Å². The number of benzene rings is 1. The predicted molar refractivity (Wildman–Crippen MR) is 145 cm³/mol. The average Bonchev–Trinajstić information content (AvgIpc) is 3.56. The Balaban J connectivity index is 1.38. The van der Waals surface area contributed by atoms with Crippen molar-refractivity contribution >= 4 is 39.0 Å². The van der Waals surface area contributed by atoms with Gasteiger partial charge in [-0.05, 0) is 62.3 Å². The van der Waals surface area contributed by atoms with E-state index in [4.69, 9.17) is 15.5 Å². The first-order valence-electron chi connectivity index (χ1n) is 13.0. The highest BCUT2D eigenvalue weighted by atomic mass is 32.2. The molecule has 0 saturated heterocycles. The lowest BCUT2D eigenvalue weighted by Gasteiger charge is -2.34. The first-order valence-corrected chi connectivity index (χ1v) is 14.9. The number of fused-ring (bicyclic) bond motifs is 2. The Hall–Kier alpha value is -3.71. The fraction of sp³-hybridized carbons (Fsp3) is 0.462. The number of nitrogens with one attached hydrogen (secondary N) is 2. The second kappa shape index (κ2) is 9.19. The van der Waals surface area contributed by atoms with Gasteiger partial charge in [0.15, 0.2) is 11.5 Å². The van der Waals surface area contributed by atoms with Crippen LogP contribution in [0, 0.1) is 5.92 Å². The molecular weight excluding hydrogens is 522 g/mol. The maximum atomic E-state index is 13.4. The second-order valence-corrected chi connectivity index (χ2v) is 12.5. The van der Waals surface area contributed by atoms with Crippen LogP contribution in [0.4, 0.5) is 11.5 Å². The monoisotopic (exact) mass is 553 g/mol. The second-order valence-electron chi connectivity index (χ2n) is 10.8. The molecule has 2 saturated carbocycles. The normalized spacial score (nSPS) is 21.5. The molecule has 0 spiro atoms. The number of carbonyl (C=O) groups excluding carboxylic acids is 2. The Morgan fingerprint density at radius 2 is 2.00 bits per heavy atom. The summed E-state index contributed by atoms with van der Waals surface area (Å²) in [5, 5.41) is 7.21. The van der Waals surface area contributed by atoms with E-state index in [0.717, 1.165) is 37.5 Å². The number of hydrogen-bond acceptors (Lipinski definition) is 8. The molecule has 2 aromatic heterocycles. The third-order valence-electron chi connectivity index (χ3n) is 7.93. The van der Waals surface area contributed by atoms with Crippen molar-refractivity contribution in [2.24, 2.45) is 5.92 Å². The molecule has 2 aliphatic carbocycles. The van der Waals surface area contributed by atoms with Gasteiger partial charge in [0.2, 0.25) is 10.0 Å². The van der Waals surface area contributed by atoms with Crippen molar-refractivity contribution in [3.8, 4) is 11.3 Å². The molecule has 2 amide bonds. The summed E-state index contributed by atoms with van der Waals surface area (Å²) in [5.74, 6) is -0.0195. The molecule has 1 atom stereocenters. The third-order valence-corrected chi connectivity index (χ3v) is 8.52. The summed E-state index contributed by atoms with van der Waals surface area (Å²) in [6.07, 6.45) is 6.45. The molecule has 0 radical (unpaired) electrons. The van der Waals surface area contributed by atoms with E-state index in [1.54, 1.807) is 25.4 Å². The fourth-order valence-electron chi connectivity index (χ4n) is 5.53. The first-order chi connectivity index (χ1) is 18.5. The van der Waals surface area contributed by atoms with Gasteiger partial charge in [-0.3, -0.25) is 14.3 Å². The molecule has 4 N–H and O–H groups in total. The molecule has 2 fully saturated rings.